The fourth-order valence-corrected chi connectivity index (χ4v) is 3.80. The van der Waals surface area contributed by atoms with E-state index in [1.807, 2.05) is 47.4 Å². The van der Waals surface area contributed by atoms with Crippen molar-refractivity contribution in [2.45, 2.75) is 25.3 Å². The zero-order valence-corrected chi connectivity index (χ0v) is 14.8. The third-order valence-corrected chi connectivity index (χ3v) is 5.09. The molecule has 4 nitrogen and oxygen atoms in total. The first kappa shape index (κ1) is 16.6. The number of likely N-dealkylation sites (tertiary alicyclic amines) is 1. The summed E-state index contributed by atoms with van der Waals surface area (Å²) in [6.45, 7) is 6.10. The van der Waals surface area contributed by atoms with Gasteiger partial charge in [-0.3, -0.25) is 4.79 Å². The van der Waals surface area contributed by atoms with E-state index >= 15 is 0 Å². The van der Waals surface area contributed by atoms with Gasteiger partial charge in [0.15, 0.2) is 0 Å². The predicted molar refractivity (Wildman–Crippen MR) is 104 cm³/mol. The minimum absolute atomic E-state index is 0.144. The largest absolute Gasteiger partial charge is 0.342 e. The number of hydrogen-bond acceptors (Lipinski definition) is 2. The van der Waals surface area contributed by atoms with Gasteiger partial charge in [-0.25, -0.2) is 4.98 Å². The van der Waals surface area contributed by atoms with Gasteiger partial charge >= 0.3 is 0 Å². The van der Waals surface area contributed by atoms with Crippen molar-refractivity contribution in [3.05, 3.63) is 78.6 Å². The van der Waals surface area contributed by atoms with E-state index in [0.717, 1.165) is 36.4 Å². The van der Waals surface area contributed by atoms with Crippen LogP contribution in [-0.4, -0.2) is 33.4 Å². The van der Waals surface area contributed by atoms with Gasteiger partial charge in [-0.15, -0.1) is 6.58 Å². The van der Waals surface area contributed by atoms with Crippen molar-refractivity contribution in [2.24, 2.45) is 0 Å². The van der Waals surface area contributed by atoms with Crippen LogP contribution in [0.15, 0.2) is 67.3 Å². The molecular formula is C22H23N3O. The highest BCUT2D eigenvalue weighted by Crippen LogP contribution is 2.30. The summed E-state index contributed by atoms with van der Waals surface area (Å²) >= 11 is 0. The molecule has 0 aliphatic carbocycles. The van der Waals surface area contributed by atoms with Crippen LogP contribution < -0.4 is 0 Å². The molecule has 2 aromatic carbocycles. The zero-order valence-electron chi connectivity index (χ0n) is 14.8. The summed E-state index contributed by atoms with van der Waals surface area (Å²) in [7, 11) is 0. The summed E-state index contributed by atoms with van der Waals surface area (Å²) in [4.78, 5) is 19.4. The van der Waals surface area contributed by atoms with Crippen LogP contribution in [0, 0.1) is 0 Å². The second-order valence-electron chi connectivity index (χ2n) is 6.83. The molecule has 1 aliphatic rings. The highest BCUT2D eigenvalue weighted by Gasteiger charge is 2.33. The van der Waals surface area contributed by atoms with Crippen LogP contribution in [-0.2, 0) is 17.8 Å². The average molecular weight is 345 g/mol. The van der Waals surface area contributed by atoms with Crippen molar-refractivity contribution in [1.82, 2.24) is 14.5 Å². The second-order valence-corrected chi connectivity index (χ2v) is 6.83. The summed E-state index contributed by atoms with van der Waals surface area (Å²) in [5, 5.41) is 0. The van der Waals surface area contributed by atoms with E-state index in [-0.39, 0.29) is 11.8 Å². The normalized spacial score (nSPS) is 17.2. The minimum atomic E-state index is 0.144. The van der Waals surface area contributed by atoms with Crippen LogP contribution >= 0.6 is 0 Å². The SMILES string of the molecule is C=CCn1c([C@H]2CC(=O)N(CCc3ccccc3)C2)nc2ccccc21. The number of carbonyl (C=O) groups is 1. The van der Waals surface area contributed by atoms with E-state index in [2.05, 4.69) is 29.3 Å². The molecule has 132 valence electrons. The van der Waals surface area contributed by atoms with Crippen LogP contribution in [0.2, 0.25) is 0 Å². The molecule has 4 rings (SSSR count). The predicted octanol–water partition coefficient (Wildman–Crippen LogP) is 3.78. The van der Waals surface area contributed by atoms with E-state index in [1.54, 1.807) is 0 Å². The molecule has 3 aromatic rings. The summed E-state index contributed by atoms with van der Waals surface area (Å²) < 4.78 is 2.20. The zero-order chi connectivity index (χ0) is 17.9. The maximum atomic E-state index is 12.5. The average Bonchev–Trinajstić information content (AvgIpc) is 3.22. The van der Waals surface area contributed by atoms with Crippen LogP contribution in [0.4, 0.5) is 0 Å². The molecule has 26 heavy (non-hydrogen) atoms. The molecule has 1 saturated heterocycles. The maximum Gasteiger partial charge on any atom is 0.223 e. The number of nitrogens with zero attached hydrogens (tertiary/aromatic N) is 3. The summed E-state index contributed by atoms with van der Waals surface area (Å²) in [5.74, 6) is 1.37. The van der Waals surface area contributed by atoms with Crippen molar-refractivity contribution in [3.8, 4) is 0 Å². The minimum Gasteiger partial charge on any atom is -0.342 e. The van der Waals surface area contributed by atoms with Gasteiger partial charge in [0.25, 0.3) is 0 Å². The lowest BCUT2D eigenvalue weighted by Gasteiger charge is -2.17. The lowest BCUT2D eigenvalue weighted by molar-refractivity contribution is -0.127. The molecule has 1 fully saturated rings. The first-order chi connectivity index (χ1) is 12.8. The molecule has 0 radical (unpaired) electrons. The molecule has 1 amide bonds. The Bertz CT molecular complexity index is 929. The van der Waals surface area contributed by atoms with Crippen molar-refractivity contribution in [2.75, 3.05) is 13.1 Å². The molecule has 4 heteroatoms. The van der Waals surface area contributed by atoms with Crippen LogP contribution in [0.25, 0.3) is 11.0 Å². The Hall–Kier alpha value is -2.88. The van der Waals surface area contributed by atoms with Gasteiger partial charge in [0.1, 0.15) is 5.82 Å². The Morgan fingerprint density at radius 2 is 1.88 bits per heavy atom. The van der Waals surface area contributed by atoms with Crippen LogP contribution in [0.3, 0.4) is 0 Å². The molecule has 0 unspecified atom stereocenters. The topological polar surface area (TPSA) is 38.1 Å². The molecule has 0 N–H and O–H groups in total. The van der Waals surface area contributed by atoms with Crippen molar-refractivity contribution < 1.29 is 4.79 Å². The molecule has 1 aliphatic heterocycles. The van der Waals surface area contributed by atoms with Gasteiger partial charge in [0, 0.05) is 32.0 Å². The monoisotopic (exact) mass is 345 g/mol. The van der Waals surface area contributed by atoms with Gasteiger partial charge < -0.3 is 9.47 Å². The maximum absolute atomic E-state index is 12.5. The van der Waals surface area contributed by atoms with E-state index < -0.39 is 0 Å². The molecule has 1 atom stereocenters. The van der Waals surface area contributed by atoms with Gasteiger partial charge in [-0.2, -0.15) is 0 Å². The number of imidazole rings is 1. The van der Waals surface area contributed by atoms with Gasteiger partial charge in [0.05, 0.1) is 11.0 Å². The number of para-hydroxylation sites is 2. The fourth-order valence-electron chi connectivity index (χ4n) is 3.80. The smallest absolute Gasteiger partial charge is 0.223 e. The van der Waals surface area contributed by atoms with Gasteiger partial charge in [-0.1, -0.05) is 48.5 Å². The van der Waals surface area contributed by atoms with Crippen molar-refractivity contribution in [3.63, 3.8) is 0 Å². The first-order valence-electron chi connectivity index (χ1n) is 9.14. The molecule has 1 aromatic heterocycles. The van der Waals surface area contributed by atoms with E-state index in [9.17, 15) is 4.79 Å². The quantitative estimate of drug-likeness (QED) is 0.638. The molecule has 0 saturated carbocycles. The Balaban J connectivity index is 1.54. The van der Waals surface area contributed by atoms with Crippen molar-refractivity contribution >= 4 is 16.9 Å². The summed E-state index contributed by atoms with van der Waals surface area (Å²) in [6, 6.07) is 18.5. The summed E-state index contributed by atoms with van der Waals surface area (Å²) in [6.07, 6.45) is 3.32. The number of rotatable bonds is 6. The van der Waals surface area contributed by atoms with Crippen LogP contribution in [0.5, 0.6) is 0 Å². The third kappa shape index (κ3) is 3.15. The second kappa shape index (κ2) is 7.16. The summed E-state index contributed by atoms with van der Waals surface area (Å²) in [5.41, 5.74) is 3.36. The number of aromatic nitrogens is 2. The number of hydrogen-bond donors (Lipinski definition) is 0. The first-order valence-corrected chi connectivity index (χ1v) is 9.14. The Kier molecular flexibility index (Phi) is 4.57. The molecule has 0 spiro atoms. The van der Waals surface area contributed by atoms with Gasteiger partial charge in [-0.05, 0) is 24.1 Å². The number of fused-ring (bicyclic) bond motifs is 1. The number of carbonyl (C=O) groups excluding carboxylic acids is 1. The Morgan fingerprint density at radius 1 is 1.12 bits per heavy atom. The van der Waals surface area contributed by atoms with Gasteiger partial charge in [0.2, 0.25) is 5.91 Å². The Labute approximate surface area is 153 Å². The molecular weight excluding hydrogens is 322 g/mol. The standard InChI is InChI=1S/C22H23N3O/c1-2-13-25-20-11-7-6-10-19(20)23-22(25)18-15-21(26)24(16-18)14-12-17-8-4-3-5-9-17/h2-11,18H,1,12-16H2/t18-/m0/s1. The number of allylic oxidation sites excluding steroid dienone is 1. The van der Waals surface area contributed by atoms with Crippen molar-refractivity contribution in [1.29, 1.82) is 0 Å². The van der Waals surface area contributed by atoms with E-state index in [1.165, 1.54) is 5.56 Å². The highest BCUT2D eigenvalue weighted by molar-refractivity contribution is 5.81. The van der Waals surface area contributed by atoms with E-state index in [4.69, 9.17) is 4.98 Å². The molecule has 2 heterocycles. The molecule has 0 bridgehead atoms. The Morgan fingerprint density at radius 3 is 2.69 bits per heavy atom. The third-order valence-electron chi connectivity index (χ3n) is 5.09. The number of benzene rings is 2. The lowest BCUT2D eigenvalue weighted by atomic mass is 10.1. The van der Waals surface area contributed by atoms with E-state index in [0.29, 0.717) is 13.0 Å². The van der Waals surface area contributed by atoms with Crippen LogP contribution in [0.1, 0.15) is 23.7 Å². The lowest BCUT2D eigenvalue weighted by Crippen LogP contribution is -2.27. The fraction of sp³-hybridized carbons (Fsp3) is 0.273. The highest BCUT2D eigenvalue weighted by atomic mass is 16.2. The number of amides is 1.